The van der Waals surface area contributed by atoms with Crippen LogP contribution in [0.25, 0.3) is 0 Å². The molecule has 2 aliphatic heterocycles. The van der Waals surface area contributed by atoms with E-state index in [0.717, 1.165) is 58.2 Å². The predicted molar refractivity (Wildman–Crippen MR) is 127 cm³/mol. The number of hydrogen-bond donors (Lipinski definition) is 0. The zero-order valence-corrected chi connectivity index (χ0v) is 20.8. The molecule has 29 heavy (non-hydrogen) atoms. The van der Waals surface area contributed by atoms with E-state index in [1.807, 2.05) is 0 Å². The molecular weight excluding hydrogens is 377 g/mol. The van der Waals surface area contributed by atoms with Crippen LogP contribution in [0, 0.1) is 17.8 Å². The van der Waals surface area contributed by atoms with E-state index in [1.165, 1.54) is 16.9 Å². The van der Waals surface area contributed by atoms with Gasteiger partial charge in [-0.1, -0.05) is 53.2 Å². The molecule has 2 fully saturated rings. The Balaban J connectivity index is 2.07. The Kier molecular flexibility index (Phi) is 9.89. The van der Waals surface area contributed by atoms with Crippen LogP contribution in [-0.2, 0) is 9.53 Å². The second kappa shape index (κ2) is 11.7. The highest BCUT2D eigenvalue weighted by molar-refractivity contribution is 7.17. The molecule has 2 rings (SSSR count). The van der Waals surface area contributed by atoms with Gasteiger partial charge in [-0.2, -0.15) is 0 Å². The van der Waals surface area contributed by atoms with Crippen molar-refractivity contribution in [1.82, 2.24) is 4.90 Å². The summed E-state index contributed by atoms with van der Waals surface area (Å²) in [6.45, 7) is 16.2. The van der Waals surface area contributed by atoms with E-state index >= 15 is 0 Å². The normalized spacial score (nSPS) is 27.8. The van der Waals surface area contributed by atoms with Crippen LogP contribution in [0.1, 0.15) is 80.1 Å². The number of ketones is 1. The second-order valence-electron chi connectivity index (χ2n) is 9.60. The van der Waals surface area contributed by atoms with Crippen LogP contribution >= 0.6 is 9.24 Å². The van der Waals surface area contributed by atoms with Crippen LogP contribution in [0.3, 0.4) is 0 Å². The zero-order chi connectivity index (χ0) is 21.6. The first kappa shape index (κ1) is 24.6. The third-order valence-electron chi connectivity index (χ3n) is 6.71. The maximum atomic E-state index is 12.7. The topological polar surface area (TPSA) is 29.5 Å². The quantitative estimate of drug-likeness (QED) is 0.260. The second-order valence-corrected chi connectivity index (χ2v) is 10.7. The van der Waals surface area contributed by atoms with Crippen LogP contribution in [0.2, 0.25) is 0 Å². The van der Waals surface area contributed by atoms with E-state index in [1.54, 1.807) is 0 Å². The van der Waals surface area contributed by atoms with Crippen molar-refractivity contribution >= 4 is 15.0 Å². The van der Waals surface area contributed by atoms with E-state index in [2.05, 4.69) is 61.8 Å². The van der Waals surface area contributed by atoms with Gasteiger partial charge in [0, 0.05) is 43.5 Å². The van der Waals surface area contributed by atoms with E-state index < -0.39 is 0 Å². The van der Waals surface area contributed by atoms with Gasteiger partial charge in [0.25, 0.3) is 0 Å². The molecule has 0 aromatic heterocycles. The molecule has 0 amide bonds. The molecular formula is C25H44NO2P. The van der Waals surface area contributed by atoms with E-state index in [9.17, 15) is 4.79 Å². The number of nitrogens with zero attached hydrogens (tertiary/aromatic N) is 1. The predicted octanol–water partition coefficient (Wildman–Crippen LogP) is 6.00. The van der Waals surface area contributed by atoms with Gasteiger partial charge in [0.2, 0.25) is 0 Å². The first-order chi connectivity index (χ1) is 13.8. The van der Waals surface area contributed by atoms with Gasteiger partial charge in [-0.05, 0) is 43.1 Å². The average Bonchev–Trinajstić information content (AvgIpc) is 2.66. The van der Waals surface area contributed by atoms with Crippen molar-refractivity contribution in [3.63, 3.8) is 0 Å². The molecule has 5 unspecified atom stereocenters. The number of carbonyl (C=O) groups is 1. The summed E-state index contributed by atoms with van der Waals surface area (Å²) in [5.41, 5.74) is 3.41. The smallest absolute Gasteiger partial charge is 0.138 e. The molecule has 0 aromatic rings. The molecule has 2 saturated heterocycles. The van der Waals surface area contributed by atoms with Crippen LogP contribution in [0.4, 0.5) is 0 Å². The largest absolute Gasteiger partial charge is 0.497 e. The minimum Gasteiger partial charge on any atom is -0.497 e. The summed E-state index contributed by atoms with van der Waals surface area (Å²) in [5.74, 6) is 2.96. The summed E-state index contributed by atoms with van der Waals surface area (Å²) < 4.78 is 6.20. The molecule has 4 heteroatoms. The Labute approximate surface area is 181 Å². The fourth-order valence-electron chi connectivity index (χ4n) is 4.99. The first-order valence-corrected chi connectivity index (χ1v) is 12.5. The molecule has 0 spiro atoms. The maximum Gasteiger partial charge on any atom is 0.138 e. The summed E-state index contributed by atoms with van der Waals surface area (Å²) in [5, 5.41) is 0. The summed E-state index contributed by atoms with van der Waals surface area (Å²) in [4.78, 5) is 15.3. The first-order valence-electron chi connectivity index (χ1n) is 11.8. The Morgan fingerprint density at radius 1 is 1.28 bits per heavy atom. The van der Waals surface area contributed by atoms with Gasteiger partial charge in [-0.3, -0.25) is 9.69 Å². The minimum absolute atomic E-state index is 0.248. The van der Waals surface area contributed by atoms with Gasteiger partial charge < -0.3 is 4.74 Å². The van der Waals surface area contributed by atoms with Crippen molar-refractivity contribution in [3.8, 4) is 0 Å². The summed E-state index contributed by atoms with van der Waals surface area (Å²) in [6.07, 6.45) is 8.31. The Bertz CT molecular complexity index is 602. The SMILES string of the molecule is CCC(CC)=C(C/C=C1/CCN2CC(CC(C)C)C(=O)CC2C1C)OCC(C)P. The summed E-state index contributed by atoms with van der Waals surface area (Å²) in [6, 6.07) is 0.392. The standard InChI is InChI=1S/C25H44NO2P/c1-7-20(8-2)25(28-16-18(5)29)10-9-21-11-12-26-15-22(13-17(3)4)24(27)14-23(26)19(21)6/h9,17-19,22-23H,7-8,10-16,29H2,1-6H3/b21-9-. The summed E-state index contributed by atoms with van der Waals surface area (Å²) >= 11 is 0. The Morgan fingerprint density at radius 2 is 1.97 bits per heavy atom. The van der Waals surface area contributed by atoms with Gasteiger partial charge in [-0.25, -0.2) is 0 Å². The van der Waals surface area contributed by atoms with Gasteiger partial charge in [-0.15, -0.1) is 9.24 Å². The molecule has 2 aliphatic rings. The van der Waals surface area contributed by atoms with Crippen LogP contribution in [-0.4, -0.2) is 42.1 Å². The third-order valence-corrected chi connectivity index (χ3v) is 6.91. The van der Waals surface area contributed by atoms with Crippen LogP contribution in [0.15, 0.2) is 23.0 Å². The maximum absolute atomic E-state index is 12.7. The van der Waals surface area contributed by atoms with Crippen LogP contribution in [0.5, 0.6) is 0 Å². The van der Waals surface area contributed by atoms with Gasteiger partial charge in [0.1, 0.15) is 5.78 Å². The number of ether oxygens (including phenoxy) is 1. The van der Waals surface area contributed by atoms with Crippen molar-refractivity contribution in [2.45, 2.75) is 91.8 Å². The Morgan fingerprint density at radius 3 is 2.55 bits per heavy atom. The lowest BCUT2D eigenvalue weighted by molar-refractivity contribution is -0.130. The van der Waals surface area contributed by atoms with Crippen molar-refractivity contribution < 1.29 is 9.53 Å². The van der Waals surface area contributed by atoms with Crippen LogP contribution < -0.4 is 0 Å². The van der Waals surface area contributed by atoms with E-state index in [-0.39, 0.29) is 5.92 Å². The van der Waals surface area contributed by atoms with Gasteiger partial charge in [0.05, 0.1) is 12.4 Å². The van der Waals surface area contributed by atoms with Crippen molar-refractivity contribution in [3.05, 3.63) is 23.0 Å². The van der Waals surface area contributed by atoms with Crippen molar-refractivity contribution in [2.24, 2.45) is 17.8 Å². The molecule has 0 saturated carbocycles. The molecule has 3 nitrogen and oxygen atoms in total. The molecule has 166 valence electrons. The highest BCUT2D eigenvalue weighted by atomic mass is 31.0. The molecule has 2 heterocycles. The lowest BCUT2D eigenvalue weighted by Gasteiger charge is -2.46. The van der Waals surface area contributed by atoms with Crippen molar-refractivity contribution in [1.29, 1.82) is 0 Å². The van der Waals surface area contributed by atoms with Crippen molar-refractivity contribution in [2.75, 3.05) is 19.7 Å². The molecule has 0 N–H and O–H groups in total. The monoisotopic (exact) mass is 421 g/mol. The van der Waals surface area contributed by atoms with Gasteiger partial charge >= 0.3 is 0 Å². The molecule has 0 bridgehead atoms. The molecule has 5 atom stereocenters. The van der Waals surface area contributed by atoms with E-state index in [4.69, 9.17) is 4.74 Å². The zero-order valence-electron chi connectivity index (χ0n) is 19.7. The summed E-state index contributed by atoms with van der Waals surface area (Å²) in [7, 11) is 2.82. The molecule has 0 aliphatic carbocycles. The number of hydrogen-bond acceptors (Lipinski definition) is 3. The number of allylic oxidation sites excluding steroid dienone is 2. The highest BCUT2D eigenvalue weighted by Gasteiger charge is 2.40. The van der Waals surface area contributed by atoms with Gasteiger partial charge in [0.15, 0.2) is 0 Å². The fourth-order valence-corrected chi connectivity index (χ4v) is 5.08. The Hall–Kier alpha value is -0.660. The number of rotatable bonds is 9. The highest BCUT2D eigenvalue weighted by Crippen LogP contribution is 2.36. The molecule has 0 aromatic carbocycles. The third kappa shape index (κ3) is 6.93. The minimum atomic E-state index is 0.248. The number of carbonyl (C=O) groups excluding carboxylic acids is 1. The number of fused-ring (bicyclic) bond motifs is 1. The number of piperidine rings is 2. The number of Topliss-reactive ketones (excluding diaryl/α,β-unsaturated/α-hetero) is 1. The fraction of sp³-hybridized carbons (Fsp3) is 0.800. The van der Waals surface area contributed by atoms with E-state index in [0.29, 0.717) is 29.3 Å². The lowest BCUT2D eigenvalue weighted by atomic mass is 9.76. The molecule has 0 radical (unpaired) electrons. The lowest BCUT2D eigenvalue weighted by Crippen LogP contribution is -2.53. The average molecular weight is 422 g/mol.